The number of carboxylic acid groups (broad SMARTS) is 1. The van der Waals surface area contributed by atoms with Crippen LogP contribution < -0.4 is 5.32 Å². The van der Waals surface area contributed by atoms with Crippen molar-refractivity contribution < 1.29 is 19.1 Å². The van der Waals surface area contributed by atoms with Gasteiger partial charge < -0.3 is 14.8 Å². The summed E-state index contributed by atoms with van der Waals surface area (Å²) in [5.41, 5.74) is 0.0131. The zero-order chi connectivity index (χ0) is 14.1. The standard InChI is InChI=1S/C13H12N2O4S/c16-12(8-4-7(8)10-2-1-3-19-10)14-5-11-15-9(6-20-11)13(17)18/h1-3,6-8H,4-5H2,(H,14,16)(H,17,18)/t7-,8+/m0/s1. The minimum Gasteiger partial charge on any atom is -0.476 e. The molecular weight excluding hydrogens is 280 g/mol. The van der Waals surface area contributed by atoms with Crippen LogP contribution in [-0.2, 0) is 11.3 Å². The van der Waals surface area contributed by atoms with Crippen LogP contribution in [0.4, 0.5) is 0 Å². The molecule has 2 aromatic rings. The van der Waals surface area contributed by atoms with E-state index in [1.807, 2.05) is 12.1 Å². The van der Waals surface area contributed by atoms with Gasteiger partial charge in [0.05, 0.1) is 12.8 Å². The van der Waals surface area contributed by atoms with E-state index in [4.69, 9.17) is 9.52 Å². The number of thiazole rings is 1. The van der Waals surface area contributed by atoms with Gasteiger partial charge in [-0.15, -0.1) is 11.3 Å². The maximum Gasteiger partial charge on any atom is 0.355 e. The molecule has 3 rings (SSSR count). The highest BCUT2D eigenvalue weighted by molar-refractivity contribution is 7.09. The first-order valence-corrected chi connectivity index (χ1v) is 7.02. The normalized spacial score (nSPS) is 20.6. The molecule has 1 amide bonds. The van der Waals surface area contributed by atoms with E-state index >= 15 is 0 Å². The molecule has 0 bridgehead atoms. The molecular formula is C13H12N2O4S. The molecule has 1 fully saturated rings. The number of furan rings is 1. The van der Waals surface area contributed by atoms with E-state index in [1.54, 1.807) is 6.26 Å². The summed E-state index contributed by atoms with van der Waals surface area (Å²) >= 11 is 1.23. The van der Waals surface area contributed by atoms with Gasteiger partial charge in [-0.3, -0.25) is 4.79 Å². The zero-order valence-corrected chi connectivity index (χ0v) is 11.2. The molecule has 0 unspecified atom stereocenters. The van der Waals surface area contributed by atoms with E-state index in [2.05, 4.69) is 10.3 Å². The fourth-order valence-electron chi connectivity index (χ4n) is 2.09. The fraction of sp³-hybridized carbons (Fsp3) is 0.308. The van der Waals surface area contributed by atoms with Crippen molar-refractivity contribution in [1.29, 1.82) is 0 Å². The van der Waals surface area contributed by atoms with Crippen LogP contribution in [0.3, 0.4) is 0 Å². The van der Waals surface area contributed by atoms with E-state index in [0.29, 0.717) is 5.01 Å². The molecule has 104 valence electrons. The molecule has 0 radical (unpaired) electrons. The lowest BCUT2D eigenvalue weighted by Gasteiger charge is -2.01. The van der Waals surface area contributed by atoms with Crippen LogP contribution in [0.15, 0.2) is 28.2 Å². The Bertz CT molecular complexity index is 635. The Kier molecular flexibility index (Phi) is 3.27. The van der Waals surface area contributed by atoms with Crippen LogP contribution in [0.25, 0.3) is 0 Å². The number of nitrogens with one attached hydrogen (secondary N) is 1. The molecule has 0 aromatic carbocycles. The third-order valence-corrected chi connectivity index (χ3v) is 4.07. The molecule has 2 atom stereocenters. The Hall–Kier alpha value is -2.15. The number of hydrogen-bond donors (Lipinski definition) is 2. The van der Waals surface area contributed by atoms with E-state index in [0.717, 1.165) is 12.2 Å². The predicted octanol–water partition coefficient (Wildman–Crippen LogP) is 1.85. The van der Waals surface area contributed by atoms with Gasteiger partial charge in [0, 0.05) is 17.2 Å². The number of amides is 1. The van der Waals surface area contributed by atoms with Crippen molar-refractivity contribution in [3.05, 3.63) is 40.2 Å². The summed E-state index contributed by atoms with van der Waals surface area (Å²) in [6.07, 6.45) is 2.39. The van der Waals surface area contributed by atoms with Crippen LogP contribution in [0.1, 0.15) is 33.6 Å². The highest BCUT2D eigenvalue weighted by atomic mass is 32.1. The van der Waals surface area contributed by atoms with Crippen molar-refractivity contribution in [2.75, 3.05) is 0 Å². The lowest BCUT2D eigenvalue weighted by molar-refractivity contribution is -0.122. The van der Waals surface area contributed by atoms with Crippen molar-refractivity contribution in [2.24, 2.45) is 5.92 Å². The minimum atomic E-state index is -1.06. The molecule has 6 nitrogen and oxygen atoms in total. The summed E-state index contributed by atoms with van der Waals surface area (Å²) in [6.45, 7) is 0.262. The Morgan fingerprint density at radius 2 is 2.40 bits per heavy atom. The maximum absolute atomic E-state index is 11.9. The summed E-state index contributed by atoms with van der Waals surface area (Å²) < 4.78 is 5.27. The van der Waals surface area contributed by atoms with Gasteiger partial charge in [0.25, 0.3) is 0 Å². The average Bonchev–Trinajstić information content (AvgIpc) is 2.89. The molecule has 0 saturated heterocycles. The first-order chi connectivity index (χ1) is 9.65. The number of carboxylic acids is 1. The van der Waals surface area contributed by atoms with Gasteiger partial charge in [-0.1, -0.05) is 0 Å². The topological polar surface area (TPSA) is 92.4 Å². The summed E-state index contributed by atoms with van der Waals surface area (Å²) in [6, 6.07) is 3.68. The molecule has 2 heterocycles. The Morgan fingerprint density at radius 3 is 3.05 bits per heavy atom. The number of carbonyl (C=O) groups is 2. The van der Waals surface area contributed by atoms with Crippen molar-refractivity contribution in [3.63, 3.8) is 0 Å². The molecule has 1 aliphatic rings. The Balaban J connectivity index is 1.51. The summed E-state index contributed by atoms with van der Waals surface area (Å²) in [5, 5.41) is 13.6. The molecule has 1 saturated carbocycles. The highest BCUT2D eigenvalue weighted by Crippen LogP contribution is 2.47. The van der Waals surface area contributed by atoms with Crippen LogP contribution in [0.5, 0.6) is 0 Å². The van der Waals surface area contributed by atoms with E-state index in [9.17, 15) is 9.59 Å². The van der Waals surface area contributed by atoms with Crippen molar-refractivity contribution >= 4 is 23.2 Å². The molecule has 20 heavy (non-hydrogen) atoms. The van der Waals surface area contributed by atoms with E-state index in [1.165, 1.54) is 16.7 Å². The fourth-order valence-corrected chi connectivity index (χ4v) is 2.79. The molecule has 7 heteroatoms. The third kappa shape index (κ3) is 2.57. The minimum absolute atomic E-state index is 0.0131. The van der Waals surface area contributed by atoms with Gasteiger partial charge in [0.2, 0.25) is 5.91 Å². The number of aromatic carboxylic acids is 1. The Morgan fingerprint density at radius 1 is 1.55 bits per heavy atom. The van der Waals surface area contributed by atoms with Gasteiger partial charge in [0.1, 0.15) is 10.8 Å². The van der Waals surface area contributed by atoms with Gasteiger partial charge in [-0.2, -0.15) is 0 Å². The lowest BCUT2D eigenvalue weighted by atomic mass is 10.2. The number of aromatic nitrogens is 1. The number of carbonyl (C=O) groups excluding carboxylic acids is 1. The highest BCUT2D eigenvalue weighted by Gasteiger charge is 2.45. The van der Waals surface area contributed by atoms with Crippen molar-refractivity contribution in [2.45, 2.75) is 18.9 Å². The molecule has 2 aromatic heterocycles. The average molecular weight is 292 g/mol. The van der Waals surface area contributed by atoms with E-state index < -0.39 is 5.97 Å². The summed E-state index contributed by atoms with van der Waals surface area (Å²) in [5.74, 6) is -0.152. The van der Waals surface area contributed by atoms with Crippen LogP contribution in [0.2, 0.25) is 0 Å². The Labute approximate surface area is 118 Å². The van der Waals surface area contributed by atoms with Crippen molar-refractivity contribution in [1.82, 2.24) is 10.3 Å². The van der Waals surface area contributed by atoms with Crippen molar-refractivity contribution in [3.8, 4) is 0 Å². The zero-order valence-electron chi connectivity index (χ0n) is 10.4. The SMILES string of the molecule is O=C(O)c1csc(CNC(=O)[C@@H]2C[C@@H]2c2ccco2)n1. The van der Waals surface area contributed by atoms with Crippen LogP contribution >= 0.6 is 11.3 Å². The van der Waals surface area contributed by atoms with Crippen LogP contribution in [-0.4, -0.2) is 22.0 Å². The molecule has 2 N–H and O–H groups in total. The molecule has 0 aliphatic heterocycles. The second-order valence-electron chi connectivity index (χ2n) is 4.61. The summed E-state index contributed by atoms with van der Waals surface area (Å²) in [4.78, 5) is 26.5. The maximum atomic E-state index is 11.9. The quantitative estimate of drug-likeness (QED) is 0.877. The third-order valence-electron chi connectivity index (χ3n) is 3.22. The van der Waals surface area contributed by atoms with E-state index in [-0.39, 0.29) is 30.0 Å². The molecule has 1 aliphatic carbocycles. The second kappa shape index (κ2) is 5.09. The smallest absolute Gasteiger partial charge is 0.355 e. The molecule has 0 spiro atoms. The second-order valence-corrected chi connectivity index (χ2v) is 5.56. The van der Waals surface area contributed by atoms with Gasteiger partial charge in [0.15, 0.2) is 5.69 Å². The largest absolute Gasteiger partial charge is 0.476 e. The number of hydrogen-bond acceptors (Lipinski definition) is 5. The van der Waals surface area contributed by atoms with Gasteiger partial charge in [-0.05, 0) is 18.6 Å². The first kappa shape index (κ1) is 12.9. The predicted molar refractivity (Wildman–Crippen MR) is 70.5 cm³/mol. The van der Waals surface area contributed by atoms with Crippen LogP contribution in [0, 0.1) is 5.92 Å². The monoisotopic (exact) mass is 292 g/mol. The van der Waals surface area contributed by atoms with Gasteiger partial charge in [-0.25, -0.2) is 9.78 Å². The first-order valence-electron chi connectivity index (χ1n) is 6.14. The van der Waals surface area contributed by atoms with Gasteiger partial charge >= 0.3 is 5.97 Å². The summed E-state index contributed by atoms with van der Waals surface area (Å²) in [7, 11) is 0. The lowest BCUT2D eigenvalue weighted by Crippen LogP contribution is -2.24. The number of rotatable bonds is 5. The number of nitrogens with zero attached hydrogens (tertiary/aromatic N) is 1.